The third-order valence-corrected chi connectivity index (χ3v) is 8.70. The summed E-state index contributed by atoms with van der Waals surface area (Å²) in [5.41, 5.74) is 3.14. The molecule has 32 heavy (non-hydrogen) atoms. The molecule has 0 aromatic heterocycles. The number of amides is 1. The number of sulfone groups is 1. The molecule has 3 atom stereocenters. The molecular weight excluding hydrogens is 494 g/mol. The van der Waals surface area contributed by atoms with Crippen molar-refractivity contribution >= 4 is 31.9 Å². The van der Waals surface area contributed by atoms with Crippen LogP contribution >= 0.6 is 15.9 Å². The Hall–Kier alpha value is -2.06. The molecule has 0 bridgehead atoms. The van der Waals surface area contributed by atoms with Crippen molar-refractivity contribution in [3.63, 3.8) is 0 Å². The van der Waals surface area contributed by atoms with Gasteiger partial charge in [-0.25, -0.2) is 13.2 Å². The minimum atomic E-state index is -3.31. The molecule has 2 saturated heterocycles. The summed E-state index contributed by atoms with van der Waals surface area (Å²) in [6.07, 6.45) is -0.374. The summed E-state index contributed by atoms with van der Waals surface area (Å²) < 4.78 is 37.4. The van der Waals surface area contributed by atoms with E-state index >= 15 is 0 Å². The molecule has 0 radical (unpaired) electrons. The van der Waals surface area contributed by atoms with Gasteiger partial charge in [-0.3, -0.25) is 4.90 Å². The second kappa shape index (κ2) is 9.06. The molecule has 8 heteroatoms. The van der Waals surface area contributed by atoms with E-state index in [2.05, 4.69) is 41.9 Å². The van der Waals surface area contributed by atoms with E-state index in [9.17, 15) is 13.2 Å². The highest BCUT2D eigenvalue weighted by Crippen LogP contribution is 2.36. The summed E-state index contributed by atoms with van der Waals surface area (Å²) in [6.45, 7) is 4.58. The fourth-order valence-corrected chi connectivity index (χ4v) is 7.24. The van der Waals surface area contributed by atoms with Gasteiger partial charge in [-0.05, 0) is 57.1 Å². The maximum absolute atomic E-state index is 12.8. The van der Waals surface area contributed by atoms with Crippen molar-refractivity contribution in [3.8, 4) is 5.75 Å². The molecule has 2 aromatic rings. The van der Waals surface area contributed by atoms with E-state index in [1.54, 1.807) is 12.0 Å². The number of rotatable bonds is 6. The number of carbonyl (C=O) groups is 1. The molecule has 0 N–H and O–H groups in total. The second-order valence-electron chi connectivity index (χ2n) is 8.95. The van der Waals surface area contributed by atoms with E-state index < -0.39 is 28.1 Å². The lowest BCUT2D eigenvalue weighted by atomic mass is 9.91. The first-order valence-corrected chi connectivity index (χ1v) is 13.4. The van der Waals surface area contributed by atoms with Crippen LogP contribution in [-0.2, 0) is 27.5 Å². The fraction of sp³-hybridized carbons (Fsp3) is 0.458. The number of hydrogen-bond acceptors (Lipinski definition) is 5. The number of nitrogens with zero attached hydrogens (tertiary/aromatic N) is 1. The van der Waals surface area contributed by atoms with E-state index in [4.69, 9.17) is 9.47 Å². The van der Waals surface area contributed by atoms with Crippen LogP contribution in [0.15, 0.2) is 46.9 Å². The van der Waals surface area contributed by atoms with Crippen LogP contribution in [0.25, 0.3) is 0 Å². The van der Waals surface area contributed by atoms with Crippen LogP contribution in [0.4, 0.5) is 4.79 Å². The lowest BCUT2D eigenvalue weighted by Crippen LogP contribution is -2.51. The molecular formula is C24H28BrNO5S. The van der Waals surface area contributed by atoms with E-state index in [1.165, 1.54) is 5.56 Å². The number of benzene rings is 2. The van der Waals surface area contributed by atoms with Crippen LogP contribution in [-0.4, -0.2) is 50.2 Å². The summed E-state index contributed by atoms with van der Waals surface area (Å²) in [6, 6.07) is 13.3. The van der Waals surface area contributed by atoms with Gasteiger partial charge < -0.3 is 9.47 Å². The molecule has 172 valence electrons. The SMILES string of the molecule is COc1ccc(C[C@@H]2CS(=O)(=O)C[C@H]3[C@H]2OC(=O)N3Cc2cccc(C(C)C)c2)cc1Br. The first kappa shape index (κ1) is 23.1. The van der Waals surface area contributed by atoms with Gasteiger partial charge in [-0.1, -0.05) is 44.2 Å². The molecule has 0 aliphatic carbocycles. The molecule has 0 unspecified atom stereocenters. The monoisotopic (exact) mass is 521 g/mol. The molecule has 6 nitrogen and oxygen atoms in total. The quantitative estimate of drug-likeness (QED) is 0.557. The number of hydrogen-bond donors (Lipinski definition) is 0. The lowest BCUT2D eigenvalue weighted by molar-refractivity contribution is 0.0970. The van der Waals surface area contributed by atoms with Gasteiger partial charge in [0.1, 0.15) is 11.9 Å². The van der Waals surface area contributed by atoms with Crippen molar-refractivity contribution in [1.29, 1.82) is 0 Å². The Kier molecular flexibility index (Phi) is 6.54. The standard InChI is InChI=1S/C24H28BrNO5S/c1-15(2)18-6-4-5-17(10-18)12-26-21-14-32(28,29)13-19(23(21)31-24(26)27)9-16-7-8-22(30-3)20(25)11-16/h4-8,10-11,15,19,21,23H,9,12-14H2,1-3H3/t19-,21+,23+/m1/s1. The third-order valence-electron chi connectivity index (χ3n) is 6.29. The van der Waals surface area contributed by atoms with Gasteiger partial charge >= 0.3 is 6.09 Å². The van der Waals surface area contributed by atoms with E-state index in [0.717, 1.165) is 15.6 Å². The van der Waals surface area contributed by atoms with Crippen molar-refractivity contribution in [2.45, 2.75) is 44.9 Å². The Morgan fingerprint density at radius 3 is 2.62 bits per heavy atom. The van der Waals surface area contributed by atoms with Crippen molar-refractivity contribution in [2.24, 2.45) is 5.92 Å². The van der Waals surface area contributed by atoms with Crippen molar-refractivity contribution in [2.75, 3.05) is 18.6 Å². The molecule has 1 amide bonds. The highest BCUT2D eigenvalue weighted by atomic mass is 79.9. The number of ether oxygens (including phenoxy) is 2. The second-order valence-corrected chi connectivity index (χ2v) is 12.0. The first-order chi connectivity index (χ1) is 15.2. The molecule has 2 aromatic carbocycles. The van der Waals surface area contributed by atoms with Crippen LogP contribution in [0.3, 0.4) is 0 Å². The number of fused-ring (bicyclic) bond motifs is 1. The number of halogens is 1. The van der Waals surface area contributed by atoms with Crippen molar-refractivity contribution in [3.05, 3.63) is 63.6 Å². The molecule has 0 spiro atoms. The zero-order valence-corrected chi connectivity index (χ0v) is 20.9. The summed E-state index contributed by atoms with van der Waals surface area (Å²) in [7, 11) is -1.71. The number of methoxy groups -OCH3 is 1. The summed E-state index contributed by atoms with van der Waals surface area (Å²) in [5, 5.41) is 0. The van der Waals surface area contributed by atoms with Gasteiger partial charge in [-0.2, -0.15) is 0 Å². The van der Waals surface area contributed by atoms with Crippen LogP contribution in [0.1, 0.15) is 36.5 Å². The Labute approximate surface area is 197 Å². The van der Waals surface area contributed by atoms with E-state index in [-0.39, 0.29) is 17.4 Å². The summed E-state index contributed by atoms with van der Waals surface area (Å²) in [5.74, 6) is 0.745. The Morgan fingerprint density at radius 1 is 1.16 bits per heavy atom. The molecule has 2 aliphatic heterocycles. The lowest BCUT2D eigenvalue weighted by Gasteiger charge is -2.34. The summed E-state index contributed by atoms with van der Waals surface area (Å²) in [4.78, 5) is 14.4. The third kappa shape index (κ3) is 4.81. The Balaban J connectivity index is 1.57. The predicted molar refractivity (Wildman–Crippen MR) is 127 cm³/mol. The van der Waals surface area contributed by atoms with Crippen LogP contribution in [0.5, 0.6) is 5.75 Å². The smallest absolute Gasteiger partial charge is 0.410 e. The van der Waals surface area contributed by atoms with Gasteiger partial charge in [-0.15, -0.1) is 0 Å². The van der Waals surface area contributed by atoms with Gasteiger partial charge in [0.15, 0.2) is 9.84 Å². The first-order valence-electron chi connectivity index (χ1n) is 10.8. The molecule has 4 rings (SSSR count). The van der Waals surface area contributed by atoms with Crippen LogP contribution in [0.2, 0.25) is 0 Å². The Morgan fingerprint density at radius 2 is 1.94 bits per heavy atom. The van der Waals surface area contributed by atoms with Gasteiger partial charge in [0.05, 0.1) is 29.1 Å². The maximum atomic E-state index is 12.8. The van der Waals surface area contributed by atoms with Crippen molar-refractivity contribution in [1.82, 2.24) is 4.90 Å². The largest absolute Gasteiger partial charge is 0.496 e. The average molecular weight is 522 g/mol. The van der Waals surface area contributed by atoms with Gasteiger partial charge in [0.2, 0.25) is 0 Å². The fourth-order valence-electron chi connectivity index (χ4n) is 4.66. The minimum Gasteiger partial charge on any atom is -0.496 e. The van der Waals surface area contributed by atoms with Gasteiger partial charge in [0, 0.05) is 12.5 Å². The molecule has 2 heterocycles. The maximum Gasteiger partial charge on any atom is 0.410 e. The predicted octanol–water partition coefficient (Wildman–Crippen LogP) is 4.56. The Bertz CT molecular complexity index is 1120. The van der Waals surface area contributed by atoms with Crippen LogP contribution in [0, 0.1) is 5.92 Å². The van der Waals surface area contributed by atoms with Crippen LogP contribution < -0.4 is 4.74 Å². The highest BCUT2D eigenvalue weighted by Gasteiger charge is 2.51. The topological polar surface area (TPSA) is 72.9 Å². The molecule has 2 fully saturated rings. The minimum absolute atomic E-state index is 0.0156. The average Bonchev–Trinajstić information content (AvgIpc) is 3.03. The highest BCUT2D eigenvalue weighted by molar-refractivity contribution is 9.10. The normalized spacial score (nSPS) is 24.3. The summed E-state index contributed by atoms with van der Waals surface area (Å²) >= 11 is 3.49. The van der Waals surface area contributed by atoms with E-state index in [1.807, 2.05) is 30.3 Å². The van der Waals surface area contributed by atoms with E-state index in [0.29, 0.717) is 24.6 Å². The molecule has 2 aliphatic rings. The zero-order valence-electron chi connectivity index (χ0n) is 18.5. The van der Waals surface area contributed by atoms with Crippen molar-refractivity contribution < 1.29 is 22.7 Å². The molecule has 0 saturated carbocycles. The number of carbonyl (C=O) groups excluding carboxylic acids is 1. The van der Waals surface area contributed by atoms with Gasteiger partial charge in [0.25, 0.3) is 0 Å². The zero-order chi connectivity index (χ0) is 23.0.